The van der Waals surface area contributed by atoms with Crippen LogP contribution in [-0.2, 0) is 13.2 Å². The molecule has 1 atom stereocenters. The van der Waals surface area contributed by atoms with Gasteiger partial charge in [0.15, 0.2) is 0 Å². The fourth-order valence-electron chi connectivity index (χ4n) is 2.46. The van der Waals surface area contributed by atoms with Crippen molar-refractivity contribution >= 4 is 17.2 Å². The largest absolute Gasteiger partial charge is 0.433 e. The summed E-state index contributed by atoms with van der Waals surface area (Å²) >= 11 is 1.14. The van der Waals surface area contributed by atoms with Gasteiger partial charge in [0.1, 0.15) is 11.4 Å². The summed E-state index contributed by atoms with van der Waals surface area (Å²) < 4.78 is 39.4. The van der Waals surface area contributed by atoms with E-state index < -0.39 is 11.9 Å². The first-order valence-electron chi connectivity index (χ1n) is 8.22. The van der Waals surface area contributed by atoms with E-state index in [9.17, 15) is 18.0 Å². The standard InChI is InChI=1S/C17H22F3N3OS/c1-4-5-6-11(2)10-21-16(24)14-8-7-13(25-14)12-9-15(17(18,19)20)23(3)22-12/h7-9,11H,4-6,10H2,1-3H3,(H,21,24). The van der Waals surface area contributed by atoms with Crippen LogP contribution < -0.4 is 5.32 Å². The molecule has 25 heavy (non-hydrogen) atoms. The zero-order valence-corrected chi connectivity index (χ0v) is 15.3. The van der Waals surface area contributed by atoms with Gasteiger partial charge in [-0.2, -0.15) is 18.3 Å². The molecule has 2 rings (SSSR count). The summed E-state index contributed by atoms with van der Waals surface area (Å²) in [6, 6.07) is 4.25. The highest BCUT2D eigenvalue weighted by molar-refractivity contribution is 7.17. The minimum atomic E-state index is -4.45. The van der Waals surface area contributed by atoms with Gasteiger partial charge in [0.25, 0.3) is 5.91 Å². The summed E-state index contributed by atoms with van der Waals surface area (Å²) in [5, 5.41) is 6.78. The molecule has 0 saturated carbocycles. The monoisotopic (exact) mass is 373 g/mol. The molecule has 4 nitrogen and oxygen atoms in total. The molecule has 0 aliphatic heterocycles. The first-order valence-corrected chi connectivity index (χ1v) is 9.03. The molecule has 0 aliphatic rings. The molecule has 0 spiro atoms. The van der Waals surface area contributed by atoms with Crippen molar-refractivity contribution in [2.75, 3.05) is 6.54 Å². The molecule has 0 aromatic carbocycles. The number of nitrogens with one attached hydrogen (secondary N) is 1. The van der Waals surface area contributed by atoms with Crippen LogP contribution in [0.15, 0.2) is 18.2 Å². The van der Waals surface area contributed by atoms with Gasteiger partial charge < -0.3 is 5.32 Å². The molecule has 2 heterocycles. The number of unbranched alkanes of at least 4 members (excludes halogenated alkanes) is 1. The van der Waals surface area contributed by atoms with Crippen molar-refractivity contribution in [1.82, 2.24) is 15.1 Å². The third-order valence-corrected chi connectivity index (χ3v) is 5.02. The highest BCUT2D eigenvalue weighted by atomic mass is 32.1. The second-order valence-corrected chi connectivity index (χ2v) is 7.24. The normalized spacial score (nSPS) is 13.0. The fraction of sp³-hybridized carbons (Fsp3) is 0.529. The van der Waals surface area contributed by atoms with Crippen molar-refractivity contribution in [2.24, 2.45) is 13.0 Å². The van der Waals surface area contributed by atoms with E-state index in [4.69, 9.17) is 0 Å². The van der Waals surface area contributed by atoms with Crippen LogP contribution in [0.25, 0.3) is 10.6 Å². The third-order valence-electron chi connectivity index (χ3n) is 3.91. The summed E-state index contributed by atoms with van der Waals surface area (Å²) in [7, 11) is 1.26. The Morgan fingerprint density at radius 3 is 2.72 bits per heavy atom. The smallest absolute Gasteiger partial charge is 0.351 e. The van der Waals surface area contributed by atoms with Crippen LogP contribution >= 0.6 is 11.3 Å². The van der Waals surface area contributed by atoms with E-state index in [1.54, 1.807) is 12.1 Å². The van der Waals surface area contributed by atoms with Gasteiger partial charge in [0.2, 0.25) is 0 Å². The molecule has 1 unspecified atom stereocenters. The molecule has 2 aromatic rings. The van der Waals surface area contributed by atoms with Crippen LogP contribution in [0.5, 0.6) is 0 Å². The maximum absolute atomic E-state index is 12.9. The first-order chi connectivity index (χ1) is 11.7. The van der Waals surface area contributed by atoms with E-state index in [0.717, 1.165) is 41.3 Å². The molecule has 1 amide bonds. The quantitative estimate of drug-likeness (QED) is 0.763. The van der Waals surface area contributed by atoms with E-state index in [1.807, 2.05) is 0 Å². The van der Waals surface area contributed by atoms with Crippen molar-refractivity contribution < 1.29 is 18.0 Å². The number of aromatic nitrogens is 2. The molecule has 2 aromatic heterocycles. The lowest BCUT2D eigenvalue weighted by Crippen LogP contribution is -2.27. The van der Waals surface area contributed by atoms with Crippen LogP contribution in [0.3, 0.4) is 0 Å². The molecule has 0 aliphatic carbocycles. The maximum Gasteiger partial charge on any atom is 0.433 e. The number of amides is 1. The maximum atomic E-state index is 12.9. The summed E-state index contributed by atoms with van der Waals surface area (Å²) in [6.07, 6.45) is -1.15. The average molecular weight is 373 g/mol. The summed E-state index contributed by atoms with van der Waals surface area (Å²) in [6.45, 7) is 4.80. The number of carbonyl (C=O) groups is 1. The third kappa shape index (κ3) is 5.07. The lowest BCUT2D eigenvalue weighted by atomic mass is 10.0. The lowest BCUT2D eigenvalue weighted by Gasteiger charge is -2.11. The Bertz CT molecular complexity index is 721. The Morgan fingerprint density at radius 1 is 1.40 bits per heavy atom. The van der Waals surface area contributed by atoms with E-state index in [2.05, 4.69) is 24.3 Å². The summed E-state index contributed by atoms with van der Waals surface area (Å²) in [5.74, 6) is 0.194. The number of aryl methyl sites for hydroxylation is 1. The van der Waals surface area contributed by atoms with Crippen LogP contribution in [0, 0.1) is 5.92 Å². The Morgan fingerprint density at radius 2 is 2.12 bits per heavy atom. The van der Waals surface area contributed by atoms with Crippen LogP contribution in [0.1, 0.15) is 48.5 Å². The van der Waals surface area contributed by atoms with E-state index in [0.29, 0.717) is 22.2 Å². The molecule has 0 fully saturated rings. The highest BCUT2D eigenvalue weighted by Gasteiger charge is 2.35. The lowest BCUT2D eigenvalue weighted by molar-refractivity contribution is -0.143. The number of hydrogen-bond acceptors (Lipinski definition) is 3. The summed E-state index contributed by atoms with van der Waals surface area (Å²) in [5.41, 5.74) is -0.596. The number of alkyl halides is 3. The van der Waals surface area contributed by atoms with Crippen molar-refractivity contribution in [3.63, 3.8) is 0 Å². The number of carbonyl (C=O) groups excluding carboxylic acids is 1. The minimum absolute atomic E-state index is 0.202. The predicted octanol–water partition coefficient (Wildman–Crippen LogP) is 4.72. The minimum Gasteiger partial charge on any atom is -0.351 e. The molecule has 0 saturated heterocycles. The second kappa shape index (κ2) is 8.03. The topological polar surface area (TPSA) is 46.9 Å². The number of halogens is 3. The van der Waals surface area contributed by atoms with E-state index in [1.165, 1.54) is 7.05 Å². The SMILES string of the molecule is CCCCC(C)CNC(=O)c1ccc(-c2cc(C(F)(F)F)n(C)n2)s1. The van der Waals surface area contributed by atoms with Crippen molar-refractivity contribution in [2.45, 2.75) is 39.3 Å². The Kier molecular flexibility index (Phi) is 6.26. The highest BCUT2D eigenvalue weighted by Crippen LogP contribution is 2.34. The van der Waals surface area contributed by atoms with Gasteiger partial charge in [-0.05, 0) is 30.5 Å². The van der Waals surface area contributed by atoms with Gasteiger partial charge in [0.05, 0.1) is 9.75 Å². The van der Waals surface area contributed by atoms with Gasteiger partial charge in [-0.1, -0.05) is 26.7 Å². The van der Waals surface area contributed by atoms with Gasteiger partial charge >= 0.3 is 6.18 Å². The van der Waals surface area contributed by atoms with Crippen LogP contribution in [-0.4, -0.2) is 22.2 Å². The van der Waals surface area contributed by atoms with Gasteiger partial charge in [-0.25, -0.2) is 0 Å². The second-order valence-electron chi connectivity index (χ2n) is 6.16. The van der Waals surface area contributed by atoms with Crippen LogP contribution in [0.4, 0.5) is 13.2 Å². The van der Waals surface area contributed by atoms with Gasteiger partial charge in [0, 0.05) is 13.6 Å². The molecule has 1 N–H and O–H groups in total. The summed E-state index contributed by atoms with van der Waals surface area (Å²) in [4.78, 5) is 13.2. The van der Waals surface area contributed by atoms with Gasteiger partial charge in [-0.15, -0.1) is 11.3 Å². The number of hydrogen-bond donors (Lipinski definition) is 1. The van der Waals surface area contributed by atoms with Crippen molar-refractivity contribution in [1.29, 1.82) is 0 Å². The molecule has 138 valence electrons. The zero-order valence-electron chi connectivity index (χ0n) is 14.5. The van der Waals surface area contributed by atoms with E-state index in [-0.39, 0.29) is 11.6 Å². The molecule has 0 radical (unpaired) electrons. The molecule has 8 heteroatoms. The number of rotatable bonds is 7. The predicted molar refractivity (Wildman–Crippen MR) is 92.5 cm³/mol. The molecule has 0 bridgehead atoms. The molecular weight excluding hydrogens is 351 g/mol. The number of thiophene rings is 1. The van der Waals surface area contributed by atoms with Gasteiger partial charge in [-0.3, -0.25) is 9.48 Å². The Labute approximate surface area is 149 Å². The average Bonchev–Trinajstić information content (AvgIpc) is 3.16. The van der Waals surface area contributed by atoms with E-state index >= 15 is 0 Å². The number of nitrogens with zero attached hydrogens (tertiary/aromatic N) is 2. The Hall–Kier alpha value is -1.83. The van der Waals surface area contributed by atoms with Crippen molar-refractivity contribution in [3.05, 3.63) is 28.8 Å². The molecular formula is C17H22F3N3OS. The van der Waals surface area contributed by atoms with Crippen molar-refractivity contribution in [3.8, 4) is 10.6 Å². The Balaban J connectivity index is 2.04. The van der Waals surface area contributed by atoms with Crippen LogP contribution in [0.2, 0.25) is 0 Å². The zero-order chi connectivity index (χ0) is 18.6. The fourth-order valence-corrected chi connectivity index (χ4v) is 3.34. The first kappa shape index (κ1) is 19.5.